The Labute approximate surface area is 152 Å². The fourth-order valence-electron chi connectivity index (χ4n) is 2.12. The Kier molecular flexibility index (Phi) is 6.31. The minimum absolute atomic E-state index is 0.0696. The second-order valence-electron chi connectivity index (χ2n) is 5.79. The SMILES string of the molecule is C/C(CC(=O)Nc1cccc(Cl)c1C)=N\NC(=O)c1ccc(C)cc1. The lowest BCUT2D eigenvalue weighted by atomic mass is 10.1. The smallest absolute Gasteiger partial charge is 0.271 e. The lowest BCUT2D eigenvalue weighted by Crippen LogP contribution is -2.21. The Balaban J connectivity index is 1.92. The Morgan fingerprint density at radius 3 is 2.44 bits per heavy atom. The molecule has 0 saturated heterocycles. The number of nitrogens with zero attached hydrogens (tertiary/aromatic N) is 1. The van der Waals surface area contributed by atoms with Crippen LogP contribution >= 0.6 is 11.6 Å². The van der Waals surface area contributed by atoms with E-state index in [4.69, 9.17) is 11.6 Å². The molecule has 5 nitrogen and oxygen atoms in total. The number of hydrazone groups is 1. The molecule has 0 unspecified atom stereocenters. The van der Waals surface area contributed by atoms with Crippen molar-refractivity contribution in [3.63, 3.8) is 0 Å². The van der Waals surface area contributed by atoms with Gasteiger partial charge in [-0.1, -0.05) is 35.4 Å². The van der Waals surface area contributed by atoms with Crippen LogP contribution in [0.1, 0.15) is 34.8 Å². The standard InChI is InChI=1S/C19H20ClN3O2/c1-12-7-9-15(10-8-12)19(25)23-22-13(2)11-18(24)21-17-6-4-5-16(20)14(17)3/h4-10H,11H2,1-3H3,(H,21,24)(H,23,25)/b22-13+. The van der Waals surface area contributed by atoms with Crippen molar-refractivity contribution in [3.05, 3.63) is 64.2 Å². The molecule has 2 rings (SSSR count). The fraction of sp³-hybridized carbons (Fsp3) is 0.211. The molecule has 2 aromatic rings. The van der Waals surface area contributed by atoms with Gasteiger partial charge in [-0.05, 0) is 50.6 Å². The Hall–Kier alpha value is -2.66. The number of hydrogen-bond acceptors (Lipinski definition) is 3. The molecule has 0 heterocycles. The topological polar surface area (TPSA) is 70.6 Å². The number of benzene rings is 2. The van der Waals surface area contributed by atoms with Crippen LogP contribution in [-0.2, 0) is 4.79 Å². The summed E-state index contributed by atoms with van der Waals surface area (Å²) in [4.78, 5) is 24.1. The number of carbonyl (C=O) groups excluding carboxylic acids is 2. The van der Waals surface area contributed by atoms with Crippen molar-refractivity contribution in [2.45, 2.75) is 27.2 Å². The van der Waals surface area contributed by atoms with Crippen molar-refractivity contribution in [1.29, 1.82) is 0 Å². The van der Waals surface area contributed by atoms with Crippen LogP contribution in [0.15, 0.2) is 47.6 Å². The van der Waals surface area contributed by atoms with Gasteiger partial charge in [0.2, 0.25) is 5.91 Å². The zero-order valence-electron chi connectivity index (χ0n) is 14.4. The van der Waals surface area contributed by atoms with E-state index in [0.717, 1.165) is 11.1 Å². The predicted octanol–water partition coefficient (Wildman–Crippen LogP) is 4.09. The van der Waals surface area contributed by atoms with Crippen LogP contribution in [0, 0.1) is 13.8 Å². The van der Waals surface area contributed by atoms with Crippen molar-refractivity contribution in [1.82, 2.24) is 5.43 Å². The van der Waals surface area contributed by atoms with Crippen LogP contribution in [0.5, 0.6) is 0 Å². The third kappa shape index (κ3) is 5.43. The van der Waals surface area contributed by atoms with Gasteiger partial charge >= 0.3 is 0 Å². The maximum atomic E-state index is 12.1. The van der Waals surface area contributed by atoms with E-state index in [1.165, 1.54) is 0 Å². The first-order valence-electron chi connectivity index (χ1n) is 7.82. The quantitative estimate of drug-likeness (QED) is 0.625. The largest absolute Gasteiger partial charge is 0.325 e. The summed E-state index contributed by atoms with van der Waals surface area (Å²) < 4.78 is 0. The molecule has 2 aromatic carbocycles. The van der Waals surface area contributed by atoms with Crippen LogP contribution in [0.2, 0.25) is 5.02 Å². The van der Waals surface area contributed by atoms with Gasteiger partial charge in [0.05, 0.1) is 6.42 Å². The summed E-state index contributed by atoms with van der Waals surface area (Å²) in [6.45, 7) is 5.46. The van der Waals surface area contributed by atoms with Gasteiger partial charge in [-0.2, -0.15) is 5.10 Å². The zero-order chi connectivity index (χ0) is 18.4. The third-order valence-electron chi connectivity index (χ3n) is 3.62. The lowest BCUT2D eigenvalue weighted by Gasteiger charge is -2.09. The number of carbonyl (C=O) groups is 2. The first-order valence-corrected chi connectivity index (χ1v) is 8.19. The summed E-state index contributed by atoms with van der Waals surface area (Å²) in [6, 6.07) is 12.5. The van der Waals surface area contributed by atoms with Crippen LogP contribution in [0.3, 0.4) is 0 Å². The van der Waals surface area contributed by atoms with E-state index in [1.807, 2.05) is 26.0 Å². The number of nitrogens with one attached hydrogen (secondary N) is 2. The predicted molar refractivity (Wildman–Crippen MR) is 101 cm³/mol. The van der Waals surface area contributed by atoms with Gasteiger partial charge in [0, 0.05) is 22.0 Å². The van der Waals surface area contributed by atoms with E-state index in [2.05, 4.69) is 15.8 Å². The first kappa shape index (κ1) is 18.7. The van der Waals surface area contributed by atoms with Crippen LogP contribution in [0.4, 0.5) is 5.69 Å². The Bertz CT molecular complexity index is 814. The second-order valence-corrected chi connectivity index (χ2v) is 6.20. The molecule has 0 bridgehead atoms. The van der Waals surface area contributed by atoms with E-state index < -0.39 is 0 Å². The van der Waals surface area contributed by atoms with Gasteiger partial charge in [0.25, 0.3) is 5.91 Å². The van der Waals surface area contributed by atoms with Crippen molar-refractivity contribution in [3.8, 4) is 0 Å². The molecule has 6 heteroatoms. The minimum Gasteiger partial charge on any atom is -0.325 e. The molecule has 0 saturated carbocycles. The van der Waals surface area contributed by atoms with Gasteiger partial charge in [-0.15, -0.1) is 0 Å². The van der Waals surface area contributed by atoms with Crippen molar-refractivity contribution in [2.24, 2.45) is 5.10 Å². The highest BCUT2D eigenvalue weighted by Gasteiger charge is 2.09. The van der Waals surface area contributed by atoms with Gasteiger partial charge in [-0.3, -0.25) is 9.59 Å². The van der Waals surface area contributed by atoms with Crippen LogP contribution < -0.4 is 10.7 Å². The van der Waals surface area contributed by atoms with Crippen LogP contribution in [0.25, 0.3) is 0 Å². The lowest BCUT2D eigenvalue weighted by molar-refractivity contribution is -0.115. The van der Waals surface area contributed by atoms with E-state index in [9.17, 15) is 9.59 Å². The van der Waals surface area contributed by atoms with Gasteiger partial charge in [0.1, 0.15) is 0 Å². The normalized spacial score (nSPS) is 11.1. The molecule has 0 aromatic heterocycles. The molecule has 0 fully saturated rings. The first-order chi connectivity index (χ1) is 11.9. The summed E-state index contributed by atoms with van der Waals surface area (Å²) in [6.07, 6.45) is 0.0696. The average molecular weight is 358 g/mol. The van der Waals surface area contributed by atoms with Gasteiger partial charge in [-0.25, -0.2) is 5.43 Å². The molecule has 0 atom stereocenters. The highest BCUT2D eigenvalue weighted by Crippen LogP contribution is 2.22. The zero-order valence-corrected chi connectivity index (χ0v) is 15.1. The molecule has 130 valence electrons. The number of aryl methyl sites for hydroxylation is 1. The van der Waals surface area contributed by atoms with E-state index in [1.54, 1.807) is 37.3 Å². The van der Waals surface area contributed by atoms with E-state index in [0.29, 0.717) is 22.0 Å². The van der Waals surface area contributed by atoms with Crippen molar-refractivity contribution in [2.75, 3.05) is 5.32 Å². The number of hydrogen-bond donors (Lipinski definition) is 2. The van der Waals surface area contributed by atoms with Crippen LogP contribution in [-0.4, -0.2) is 17.5 Å². The minimum atomic E-state index is -0.314. The average Bonchev–Trinajstić information content (AvgIpc) is 2.57. The highest BCUT2D eigenvalue weighted by atomic mass is 35.5. The molecule has 2 N–H and O–H groups in total. The number of anilines is 1. The van der Waals surface area contributed by atoms with Crippen molar-refractivity contribution >= 4 is 34.8 Å². The number of rotatable bonds is 5. The molecule has 0 aliphatic carbocycles. The Morgan fingerprint density at radius 1 is 1.08 bits per heavy atom. The van der Waals surface area contributed by atoms with E-state index in [-0.39, 0.29) is 18.2 Å². The summed E-state index contributed by atoms with van der Waals surface area (Å²) in [5.41, 5.74) is 6.01. The number of halogens is 1. The molecule has 2 amide bonds. The molecule has 0 radical (unpaired) electrons. The fourth-order valence-corrected chi connectivity index (χ4v) is 2.30. The summed E-state index contributed by atoms with van der Waals surface area (Å²) >= 11 is 6.03. The maximum absolute atomic E-state index is 12.1. The van der Waals surface area contributed by atoms with Gasteiger partial charge in [0.15, 0.2) is 0 Å². The van der Waals surface area contributed by atoms with Crippen molar-refractivity contribution < 1.29 is 9.59 Å². The maximum Gasteiger partial charge on any atom is 0.271 e. The molecule has 0 spiro atoms. The summed E-state index contributed by atoms with van der Waals surface area (Å²) in [5.74, 6) is -0.540. The molecular weight excluding hydrogens is 338 g/mol. The monoisotopic (exact) mass is 357 g/mol. The second kappa shape index (κ2) is 8.44. The molecular formula is C19H20ClN3O2. The molecule has 0 aliphatic rings. The summed E-state index contributed by atoms with van der Waals surface area (Å²) in [5, 5.41) is 7.36. The molecule has 0 aliphatic heterocycles. The Morgan fingerprint density at radius 2 is 1.76 bits per heavy atom. The molecule has 25 heavy (non-hydrogen) atoms. The van der Waals surface area contributed by atoms with Gasteiger partial charge < -0.3 is 5.32 Å². The number of amides is 2. The highest BCUT2D eigenvalue weighted by molar-refractivity contribution is 6.31. The van der Waals surface area contributed by atoms with E-state index >= 15 is 0 Å². The third-order valence-corrected chi connectivity index (χ3v) is 4.03. The summed E-state index contributed by atoms with van der Waals surface area (Å²) in [7, 11) is 0.